The summed E-state index contributed by atoms with van der Waals surface area (Å²) in [5.74, 6) is -1.15. The number of rotatable bonds is 6. The average Bonchev–Trinajstić information content (AvgIpc) is 3.75. The summed E-state index contributed by atoms with van der Waals surface area (Å²) < 4.78 is 38.9. The molecule has 0 unspecified atom stereocenters. The summed E-state index contributed by atoms with van der Waals surface area (Å²) >= 11 is 13.1. The van der Waals surface area contributed by atoms with Crippen LogP contribution in [0, 0.1) is 5.82 Å². The second-order valence-corrected chi connectivity index (χ2v) is 13.8. The Kier molecular flexibility index (Phi) is 7.85. The van der Waals surface area contributed by atoms with E-state index in [1.165, 1.54) is 35.6 Å². The number of aromatic amines is 1. The third-order valence-corrected chi connectivity index (χ3v) is 10.8. The van der Waals surface area contributed by atoms with Crippen LogP contribution in [0.3, 0.4) is 0 Å². The predicted octanol–water partition coefficient (Wildman–Crippen LogP) is 5.09. The zero-order chi connectivity index (χ0) is 30.6. The first-order chi connectivity index (χ1) is 19.8. The number of nitrogens with zero attached hydrogens (tertiary/aromatic N) is 2. The van der Waals surface area contributed by atoms with E-state index in [9.17, 15) is 22.4 Å². The van der Waals surface area contributed by atoms with Crippen LogP contribution in [0.15, 0.2) is 69.7 Å². The van der Waals surface area contributed by atoms with Gasteiger partial charge in [0.1, 0.15) is 5.82 Å². The number of hydrogen-bond donors (Lipinski definition) is 2. The van der Waals surface area contributed by atoms with Crippen molar-refractivity contribution in [1.29, 1.82) is 0 Å². The van der Waals surface area contributed by atoms with E-state index in [4.69, 9.17) is 28.9 Å². The highest BCUT2D eigenvalue weighted by Gasteiger charge is 2.53. The lowest BCUT2D eigenvalue weighted by Crippen LogP contribution is -2.46. The number of benzene rings is 2. The Morgan fingerprint density at radius 1 is 1.17 bits per heavy atom. The van der Waals surface area contributed by atoms with Crippen molar-refractivity contribution in [2.45, 2.75) is 37.0 Å². The van der Waals surface area contributed by atoms with Crippen molar-refractivity contribution < 1.29 is 17.6 Å². The van der Waals surface area contributed by atoms with Gasteiger partial charge in [-0.25, -0.2) is 12.8 Å². The number of aliphatic imine (C=N–C) groups is 1. The van der Waals surface area contributed by atoms with Gasteiger partial charge in [-0.1, -0.05) is 23.2 Å². The first kappa shape index (κ1) is 30.0. The molecule has 1 fully saturated rings. The first-order valence-electron chi connectivity index (χ1n) is 13.2. The fourth-order valence-corrected chi connectivity index (χ4v) is 7.55. The minimum Gasteiger partial charge on any atom is -0.400 e. The van der Waals surface area contributed by atoms with E-state index in [0.29, 0.717) is 58.0 Å². The van der Waals surface area contributed by atoms with E-state index in [1.54, 1.807) is 32.2 Å². The molecule has 220 valence electrons. The van der Waals surface area contributed by atoms with E-state index in [0.717, 1.165) is 6.07 Å². The van der Waals surface area contributed by atoms with Gasteiger partial charge in [0, 0.05) is 59.5 Å². The Hall–Kier alpha value is -3.47. The van der Waals surface area contributed by atoms with Gasteiger partial charge in [0.15, 0.2) is 9.84 Å². The van der Waals surface area contributed by atoms with E-state index >= 15 is 0 Å². The molecule has 12 heteroatoms. The number of H-pyrrole nitrogens is 1. The van der Waals surface area contributed by atoms with E-state index in [-0.39, 0.29) is 28.3 Å². The molecule has 1 atom stereocenters. The molecular formula is C30H29Cl2FN4O4S. The third kappa shape index (κ3) is 5.27. The molecule has 1 saturated carbocycles. The fourth-order valence-electron chi connectivity index (χ4n) is 5.63. The van der Waals surface area contributed by atoms with Gasteiger partial charge in [-0.3, -0.25) is 14.6 Å². The molecule has 1 aliphatic carbocycles. The van der Waals surface area contributed by atoms with Crippen molar-refractivity contribution in [3.63, 3.8) is 0 Å². The van der Waals surface area contributed by atoms with E-state index < -0.39 is 32.4 Å². The van der Waals surface area contributed by atoms with Crippen LogP contribution in [0.2, 0.25) is 10.0 Å². The molecule has 1 aromatic heterocycles. The van der Waals surface area contributed by atoms with Crippen LogP contribution >= 0.6 is 23.2 Å². The maximum atomic E-state index is 14.7. The molecule has 2 heterocycles. The molecule has 0 radical (unpaired) electrons. The van der Waals surface area contributed by atoms with E-state index in [1.807, 2.05) is 0 Å². The zero-order valence-corrected chi connectivity index (χ0v) is 25.5. The minimum absolute atomic E-state index is 0.0275. The number of amides is 1. The lowest BCUT2D eigenvalue weighted by atomic mass is 9.90. The van der Waals surface area contributed by atoms with Crippen molar-refractivity contribution in [1.82, 2.24) is 9.88 Å². The number of sulfone groups is 1. The number of halogens is 3. The molecule has 3 N–H and O–H groups in total. The second-order valence-electron chi connectivity index (χ2n) is 10.7. The highest BCUT2D eigenvalue weighted by molar-refractivity contribution is 7.92. The summed E-state index contributed by atoms with van der Waals surface area (Å²) in [6.45, 7) is 2.01. The van der Waals surface area contributed by atoms with Gasteiger partial charge in [-0.15, -0.1) is 0 Å². The smallest absolute Gasteiger partial charge is 0.256 e. The average molecular weight is 632 g/mol. The Bertz CT molecular complexity index is 1830. The molecule has 8 nitrogen and oxygen atoms in total. The number of pyridine rings is 1. The summed E-state index contributed by atoms with van der Waals surface area (Å²) in [7, 11) is -1.74. The highest BCUT2D eigenvalue weighted by Crippen LogP contribution is 2.53. The van der Waals surface area contributed by atoms with Crippen LogP contribution in [0.4, 0.5) is 4.39 Å². The molecule has 0 saturated heterocycles. The molecule has 0 spiro atoms. The summed E-state index contributed by atoms with van der Waals surface area (Å²) in [5, 5.41) is 0.439. The Balaban J connectivity index is 1.48. The Labute approximate surface area is 253 Å². The zero-order valence-electron chi connectivity index (χ0n) is 23.2. The molecular weight excluding hydrogens is 602 g/mol. The predicted molar refractivity (Wildman–Crippen MR) is 163 cm³/mol. The molecule has 3 aromatic rings. The lowest BCUT2D eigenvalue weighted by Gasteiger charge is -2.36. The van der Waals surface area contributed by atoms with Crippen LogP contribution in [-0.4, -0.2) is 55.8 Å². The van der Waals surface area contributed by atoms with Crippen LogP contribution in [0.25, 0.3) is 11.1 Å². The summed E-state index contributed by atoms with van der Waals surface area (Å²) in [6, 6.07) is 9.70. The van der Waals surface area contributed by atoms with Gasteiger partial charge < -0.3 is 15.6 Å². The summed E-state index contributed by atoms with van der Waals surface area (Å²) in [4.78, 5) is 33.7. The highest BCUT2D eigenvalue weighted by atomic mass is 35.5. The minimum atomic E-state index is -3.36. The number of hydrogen-bond acceptors (Lipinski definition) is 6. The number of aromatic nitrogens is 1. The monoisotopic (exact) mass is 630 g/mol. The largest absolute Gasteiger partial charge is 0.400 e. The van der Waals surface area contributed by atoms with Crippen LogP contribution in [0.5, 0.6) is 0 Å². The SMILES string of the molecule is CN=C(C1=C(N)[C@@H](C)N(C(=O)c2cc(F)cc(-c3ccc(=O)[nH]c3)c2Cl)CC1)c1cc(Cl)cc(C2(S(C)(=O)=O)CC2)c1. The number of nitrogens with two attached hydrogens (primary N) is 1. The van der Waals surface area contributed by atoms with Gasteiger partial charge in [0.25, 0.3) is 5.91 Å². The van der Waals surface area contributed by atoms with Gasteiger partial charge in [-0.05, 0) is 73.7 Å². The Morgan fingerprint density at radius 2 is 1.88 bits per heavy atom. The van der Waals surface area contributed by atoms with Crippen molar-refractivity contribution >= 4 is 44.7 Å². The molecule has 2 aromatic carbocycles. The third-order valence-electron chi connectivity index (χ3n) is 8.11. The van der Waals surface area contributed by atoms with Gasteiger partial charge in [-0.2, -0.15) is 0 Å². The Morgan fingerprint density at radius 3 is 2.48 bits per heavy atom. The van der Waals surface area contributed by atoms with Gasteiger partial charge in [0.2, 0.25) is 5.56 Å². The molecule has 42 heavy (non-hydrogen) atoms. The number of carbonyl (C=O) groups is 1. The number of nitrogens with one attached hydrogen (secondary N) is 1. The molecule has 5 rings (SSSR count). The van der Waals surface area contributed by atoms with Gasteiger partial charge >= 0.3 is 0 Å². The molecule has 1 amide bonds. The lowest BCUT2D eigenvalue weighted by molar-refractivity contribution is 0.0706. The first-order valence-corrected chi connectivity index (χ1v) is 15.9. The topological polar surface area (TPSA) is 126 Å². The fraction of sp³-hybridized carbons (Fsp3) is 0.300. The van der Waals surface area contributed by atoms with Crippen molar-refractivity contribution in [2.75, 3.05) is 19.8 Å². The normalized spacial score (nSPS) is 18.8. The van der Waals surface area contributed by atoms with Gasteiger partial charge in [0.05, 0.1) is 27.1 Å². The molecule has 2 aliphatic rings. The van der Waals surface area contributed by atoms with E-state index in [2.05, 4.69) is 9.98 Å². The molecule has 0 bridgehead atoms. The summed E-state index contributed by atoms with van der Waals surface area (Å²) in [5.41, 5.74) is 9.92. The quantitative estimate of drug-likeness (QED) is 0.367. The van der Waals surface area contributed by atoms with Crippen molar-refractivity contribution in [2.24, 2.45) is 10.7 Å². The number of carbonyl (C=O) groups excluding carboxylic acids is 1. The maximum absolute atomic E-state index is 14.7. The van der Waals surface area contributed by atoms with Crippen molar-refractivity contribution in [3.8, 4) is 11.1 Å². The van der Waals surface area contributed by atoms with Crippen LogP contribution in [-0.2, 0) is 14.6 Å². The van der Waals surface area contributed by atoms with Crippen molar-refractivity contribution in [3.05, 3.63) is 103 Å². The maximum Gasteiger partial charge on any atom is 0.256 e. The molecule has 1 aliphatic heterocycles. The van der Waals surface area contributed by atoms with Crippen LogP contribution in [0.1, 0.15) is 47.7 Å². The summed E-state index contributed by atoms with van der Waals surface area (Å²) in [6.07, 6.45) is 4.03. The second kappa shape index (κ2) is 11.0. The van der Waals surface area contributed by atoms with Crippen LogP contribution < -0.4 is 11.3 Å². The standard InChI is InChI=1S/C30H29Cl2FN4O4S/c1-16-27(34)22(28(35-2)18-10-19(12-20(31)11-18)30(7-8-30)42(3,40)41)6-9-37(16)29(39)24-14-21(33)13-23(26(24)32)17-4-5-25(38)36-15-17/h4-5,10-16H,6-9,34H2,1-3H3,(H,36,38)/t16-/m1/s1.